The summed E-state index contributed by atoms with van der Waals surface area (Å²) in [5.41, 5.74) is 0. The molecule has 1 unspecified atom stereocenters. The summed E-state index contributed by atoms with van der Waals surface area (Å²) in [6.07, 6.45) is 12.1. The van der Waals surface area contributed by atoms with Gasteiger partial charge in [0.1, 0.15) is 0 Å². The van der Waals surface area contributed by atoms with Gasteiger partial charge in [0.25, 0.3) is 0 Å². The van der Waals surface area contributed by atoms with Crippen LogP contribution in [-0.4, -0.2) is 16.9 Å². The average molecular weight is 216 g/mol. The van der Waals surface area contributed by atoms with Gasteiger partial charge in [-0.15, -0.1) is 0 Å². The van der Waals surface area contributed by atoms with Crippen LogP contribution in [0.3, 0.4) is 0 Å². The van der Waals surface area contributed by atoms with Crippen molar-refractivity contribution in [2.24, 2.45) is 0 Å². The maximum atomic E-state index is 2.29. The quantitative estimate of drug-likeness (QED) is 0.453. The summed E-state index contributed by atoms with van der Waals surface area (Å²) in [7, 11) is 0. The molecule has 0 bridgehead atoms. The van der Waals surface area contributed by atoms with Gasteiger partial charge in [-0.2, -0.15) is 0 Å². The van der Waals surface area contributed by atoms with Crippen LogP contribution in [0.4, 0.5) is 0 Å². The van der Waals surface area contributed by atoms with Crippen molar-refractivity contribution in [2.75, 3.05) is 0 Å². The molecule has 1 atom stereocenters. The molecule has 11 heavy (non-hydrogen) atoms. The molecular formula is C10H21As. The van der Waals surface area contributed by atoms with Crippen LogP contribution in [0, 0.1) is 0 Å². The van der Waals surface area contributed by atoms with Crippen molar-refractivity contribution in [3.8, 4) is 0 Å². The Morgan fingerprint density at radius 2 is 1.64 bits per heavy atom. The van der Waals surface area contributed by atoms with E-state index >= 15 is 0 Å². The fourth-order valence-electron chi connectivity index (χ4n) is 1.14. The Balaban J connectivity index is 2.79. The number of hydrogen-bond acceptors (Lipinski definition) is 0. The number of rotatable bonds is 7. The summed E-state index contributed by atoms with van der Waals surface area (Å²) in [6, 6.07) is 0. The summed E-state index contributed by atoms with van der Waals surface area (Å²) in [4.78, 5) is 2.21. The second-order valence-corrected chi connectivity index (χ2v) is 3.79. The van der Waals surface area contributed by atoms with Gasteiger partial charge in [-0.25, -0.2) is 0 Å². The van der Waals surface area contributed by atoms with Gasteiger partial charge >= 0.3 is 79.7 Å². The van der Waals surface area contributed by atoms with E-state index in [0.717, 1.165) is 0 Å². The predicted molar refractivity (Wildman–Crippen MR) is 55.7 cm³/mol. The van der Waals surface area contributed by atoms with Crippen molar-refractivity contribution in [3.63, 3.8) is 0 Å². The Kier molecular flexibility index (Phi) is 10.6. The third-order valence-electron chi connectivity index (χ3n) is 1.86. The van der Waals surface area contributed by atoms with Crippen LogP contribution >= 0.6 is 0 Å². The maximum absolute atomic E-state index is 2.29. The van der Waals surface area contributed by atoms with Crippen LogP contribution in [-0.2, 0) is 0 Å². The molecule has 0 spiro atoms. The fraction of sp³-hybridized carbons (Fsp3) is 0.800. The summed E-state index contributed by atoms with van der Waals surface area (Å²) in [5, 5.41) is 0. The van der Waals surface area contributed by atoms with Crippen LogP contribution in [0.2, 0.25) is 0 Å². The Morgan fingerprint density at radius 3 is 2.27 bits per heavy atom. The fourth-order valence-corrected chi connectivity index (χ4v) is 1.54. The topological polar surface area (TPSA) is 0 Å². The Morgan fingerprint density at radius 1 is 1.00 bits per heavy atom. The number of allylic oxidation sites excluding steroid dienone is 1. The number of hydrogen-bond donors (Lipinski definition) is 0. The van der Waals surface area contributed by atoms with E-state index in [2.05, 4.69) is 17.9 Å². The zero-order chi connectivity index (χ0) is 8.36. The Hall–Kier alpha value is 0.298. The third-order valence-corrected chi connectivity index (χ3v) is 2.43. The van der Waals surface area contributed by atoms with E-state index in [0.29, 0.717) is 0 Å². The van der Waals surface area contributed by atoms with Gasteiger partial charge in [0.15, 0.2) is 0 Å². The van der Waals surface area contributed by atoms with Crippen molar-refractivity contribution in [1.29, 1.82) is 0 Å². The molecule has 0 aromatic carbocycles. The van der Waals surface area contributed by atoms with E-state index in [1.807, 2.05) is 0 Å². The van der Waals surface area contributed by atoms with Gasteiger partial charge in [0, 0.05) is 0 Å². The van der Waals surface area contributed by atoms with Crippen molar-refractivity contribution in [3.05, 3.63) is 10.9 Å². The second-order valence-electron chi connectivity index (χ2n) is 2.98. The normalized spacial score (nSPS) is 11.1. The second kappa shape index (κ2) is 10.3. The van der Waals surface area contributed by atoms with E-state index in [9.17, 15) is 0 Å². The van der Waals surface area contributed by atoms with Gasteiger partial charge in [0.2, 0.25) is 0 Å². The molecule has 0 aromatic heterocycles. The minimum absolute atomic E-state index is 1.30. The Labute approximate surface area is 80.0 Å². The molecule has 0 nitrogen and oxygen atoms in total. The molecule has 0 saturated heterocycles. The van der Waals surface area contributed by atoms with Crippen LogP contribution in [0.5, 0.6) is 0 Å². The zero-order valence-corrected chi connectivity index (χ0v) is 10.1. The van der Waals surface area contributed by atoms with E-state index < -0.39 is 0 Å². The van der Waals surface area contributed by atoms with Gasteiger partial charge in [-0.3, -0.25) is 0 Å². The van der Waals surface area contributed by atoms with Gasteiger partial charge in [0.05, 0.1) is 0 Å². The molecule has 0 amide bonds. The van der Waals surface area contributed by atoms with Gasteiger partial charge in [-0.1, -0.05) is 0 Å². The SMILES string of the molecule is CCCCCCCCC=C[AsH2]. The van der Waals surface area contributed by atoms with Gasteiger partial charge < -0.3 is 0 Å². The van der Waals surface area contributed by atoms with Gasteiger partial charge in [-0.05, 0) is 0 Å². The molecule has 0 N–H and O–H groups in total. The predicted octanol–water partition coefficient (Wildman–Crippen LogP) is 2.88. The van der Waals surface area contributed by atoms with Crippen molar-refractivity contribution < 1.29 is 0 Å². The van der Waals surface area contributed by atoms with E-state index in [1.54, 1.807) is 16.9 Å². The van der Waals surface area contributed by atoms with Crippen molar-refractivity contribution in [2.45, 2.75) is 51.9 Å². The Bertz CT molecular complexity index is 86.9. The summed E-state index contributed by atoms with van der Waals surface area (Å²) in [5.74, 6) is 0. The summed E-state index contributed by atoms with van der Waals surface area (Å²) in [6.45, 7) is 2.27. The molecule has 0 aliphatic heterocycles. The van der Waals surface area contributed by atoms with Crippen LogP contribution in [0.1, 0.15) is 51.9 Å². The van der Waals surface area contributed by atoms with Crippen molar-refractivity contribution in [1.82, 2.24) is 0 Å². The first-order chi connectivity index (χ1) is 5.41. The van der Waals surface area contributed by atoms with Crippen LogP contribution < -0.4 is 0 Å². The molecule has 0 aromatic rings. The van der Waals surface area contributed by atoms with Crippen LogP contribution in [0.15, 0.2) is 10.9 Å². The molecule has 1 heteroatoms. The molecule has 0 radical (unpaired) electrons. The standard InChI is InChI=1S/C10H21As/c1-2-3-4-5-6-7-8-9-10-11/h9-10H,2-8,11H2,1H3. The molecule has 0 aliphatic carbocycles. The minimum atomic E-state index is 1.30. The third kappa shape index (κ3) is 10.3. The van der Waals surface area contributed by atoms with E-state index in [4.69, 9.17) is 0 Å². The zero-order valence-electron chi connectivity index (χ0n) is 7.68. The molecule has 0 fully saturated rings. The molecular weight excluding hydrogens is 195 g/mol. The van der Waals surface area contributed by atoms with E-state index in [1.165, 1.54) is 44.9 Å². The first-order valence-electron chi connectivity index (χ1n) is 4.78. The monoisotopic (exact) mass is 216 g/mol. The summed E-state index contributed by atoms with van der Waals surface area (Å²) < 4.78 is 0. The average Bonchev–Trinajstić information content (AvgIpc) is 2.03. The number of unbranched alkanes of at least 4 members (excludes halogenated alkanes) is 6. The summed E-state index contributed by atoms with van der Waals surface area (Å²) >= 11 is 1.70. The first kappa shape index (κ1) is 11.3. The van der Waals surface area contributed by atoms with Crippen molar-refractivity contribution >= 4 is 16.9 Å². The van der Waals surface area contributed by atoms with E-state index in [-0.39, 0.29) is 0 Å². The van der Waals surface area contributed by atoms with Crippen LogP contribution in [0.25, 0.3) is 0 Å². The molecule has 0 rings (SSSR count). The molecule has 0 aliphatic rings. The molecule has 0 heterocycles. The molecule has 0 saturated carbocycles. The molecule has 66 valence electrons. The first-order valence-corrected chi connectivity index (χ1v) is 6.18.